The number of esters is 1. The van der Waals surface area contributed by atoms with Crippen molar-refractivity contribution in [2.45, 2.75) is 24.7 Å². The third kappa shape index (κ3) is 5.51. The Bertz CT molecular complexity index is 1130. The number of hydrogen-bond acceptors (Lipinski definition) is 7. The Kier molecular flexibility index (Phi) is 7.48. The van der Waals surface area contributed by atoms with E-state index in [9.17, 15) is 18.0 Å². The highest BCUT2D eigenvalue weighted by Gasteiger charge is 2.30. The maximum atomic E-state index is 13.0. The van der Waals surface area contributed by atoms with Crippen molar-refractivity contribution in [3.63, 3.8) is 0 Å². The number of sulfonamides is 1. The van der Waals surface area contributed by atoms with Gasteiger partial charge < -0.3 is 10.1 Å². The Hall–Kier alpha value is -2.26. The van der Waals surface area contributed by atoms with Crippen molar-refractivity contribution < 1.29 is 22.7 Å². The maximum Gasteiger partial charge on any atom is 0.338 e. The first-order valence-corrected chi connectivity index (χ1v) is 12.6. The van der Waals surface area contributed by atoms with Gasteiger partial charge in [-0.05, 0) is 64.3 Å². The van der Waals surface area contributed by atoms with E-state index in [0.29, 0.717) is 34.0 Å². The van der Waals surface area contributed by atoms with Gasteiger partial charge in [-0.15, -0.1) is 11.3 Å². The Morgan fingerprint density at radius 3 is 2.71 bits per heavy atom. The molecule has 1 N–H and O–H groups in total. The Balaban J connectivity index is 1.68. The highest BCUT2D eigenvalue weighted by molar-refractivity contribution is 9.10. The number of nitrogens with zero attached hydrogens (tertiary/aromatic N) is 2. The van der Waals surface area contributed by atoms with Crippen LogP contribution in [0.1, 0.15) is 35.7 Å². The lowest BCUT2D eigenvalue weighted by Gasteiger charge is -2.29. The molecule has 0 spiro atoms. The Morgan fingerprint density at radius 2 is 2.03 bits per heavy atom. The van der Waals surface area contributed by atoms with Crippen molar-refractivity contribution in [2.24, 2.45) is 5.92 Å². The first-order valence-electron chi connectivity index (χ1n) is 9.46. The summed E-state index contributed by atoms with van der Waals surface area (Å²) in [6.45, 7) is 2.38. The van der Waals surface area contributed by atoms with Crippen LogP contribution in [0.5, 0.6) is 0 Å². The molecule has 0 unspecified atom stereocenters. The zero-order valence-electron chi connectivity index (χ0n) is 16.6. The molecular weight excluding hydrogens is 506 g/mol. The molecule has 2 heterocycles. The van der Waals surface area contributed by atoms with Gasteiger partial charge in [0.1, 0.15) is 11.1 Å². The molecule has 0 radical (unpaired) electrons. The highest BCUT2D eigenvalue weighted by atomic mass is 79.9. The zero-order valence-corrected chi connectivity index (χ0v) is 19.8. The number of nitrogens with one attached hydrogen (secondary N) is 1. The van der Waals surface area contributed by atoms with Crippen LogP contribution in [0.3, 0.4) is 0 Å². The number of halogens is 1. The Morgan fingerprint density at radius 1 is 1.32 bits per heavy atom. The second-order valence-corrected chi connectivity index (χ2v) is 10.8. The summed E-state index contributed by atoms with van der Waals surface area (Å²) in [6.07, 6.45) is 1.57. The summed E-state index contributed by atoms with van der Waals surface area (Å²) in [7, 11) is -3.78. The summed E-state index contributed by atoms with van der Waals surface area (Å²) < 4.78 is 32.9. The molecular formula is C20H20BrN3O5S2. The number of hydrogen-bond donors (Lipinski definition) is 1. The summed E-state index contributed by atoms with van der Waals surface area (Å²) in [5.74, 6) is -0.946. The molecule has 3 rings (SSSR count). The second kappa shape index (κ2) is 9.91. The lowest BCUT2D eigenvalue weighted by Crippen LogP contribution is -2.38. The van der Waals surface area contributed by atoms with Gasteiger partial charge in [-0.3, -0.25) is 4.79 Å². The smallest absolute Gasteiger partial charge is 0.338 e. The molecule has 1 aromatic carbocycles. The standard InChI is InChI=1S/C20H20BrN3O5S2/c1-13-4-7-24(8-5-13)31(27,28)17-10-14(2-3-16(17)21)20(26)29-12-18(25)23-19-15(11-22)6-9-30-19/h2-3,6,9-10,13H,4-5,7-8,12H2,1H3,(H,23,25). The van der Waals surface area contributed by atoms with Crippen LogP contribution in [0.25, 0.3) is 0 Å². The van der Waals surface area contributed by atoms with Gasteiger partial charge in [0.25, 0.3) is 5.91 Å². The monoisotopic (exact) mass is 525 g/mol. The van der Waals surface area contributed by atoms with Crippen LogP contribution in [-0.2, 0) is 19.6 Å². The van der Waals surface area contributed by atoms with Gasteiger partial charge in [0.05, 0.1) is 16.0 Å². The second-order valence-electron chi connectivity index (χ2n) is 7.13. The van der Waals surface area contributed by atoms with Crippen LogP contribution in [0.4, 0.5) is 5.00 Å². The average molecular weight is 526 g/mol. The van der Waals surface area contributed by atoms with Crippen LogP contribution >= 0.6 is 27.3 Å². The van der Waals surface area contributed by atoms with E-state index in [2.05, 4.69) is 28.2 Å². The summed E-state index contributed by atoms with van der Waals surface area (Å²) >= 11 is 4.44. The van der Waals surface area contributed by atoms with Crippen LogP contribution in [0, 0.1) is 17.2 Å². The molecule has 2 aromatic rings. The number of nitriles is 1. The third-order valence-electron chi connectivity index (χ3n) is 4.90. The number of benzene rings is 1. The predicted octanol–water partition coefficient (Wildman–Crippen LogP) is 3.60. The van der Waals surface area contributed by atoms with Gasteiger partial charge in [-0.25, -0.2) is 13.2 Å². The van der Waals surface area contributed by atoms with Crippen LogP contribution < -0.4 is 5.32 Å². The van der Waals surface area contributed by atoms with Crippen LogP contribution in [-0.4, -0.2) is 44.3 Å². The molecule has 0 atom stereocenters. The van der Waals surface area contributed by atoms with E-state index in [1.54, 1.807) is 11.4 Å². The van der Waals surface area contributed by atoms with E-state index in [-0.39, 0.29) is 10.5 Å². The minimum absolute atomic E-state index is 0.0156. The van der Waals surface area contributed by atoms with Gasteiger partial charge in [-0.2, -0.15) is 9.57 Å². The molecule has 1 aliphatic heterocycles. The number of piperidine rings is 1. The van der Waals surface area contributed by atoms with Gasteiger partial charge in [0.2, 0.25) is 10.0 Å². The van der Waals surface area contributed by atoms with Gasteiger partial charge in [-0.1, -0.05) is 6.92 Å². The lowest BCUT2D eigenvalue weighted by atomic mass is 10.0. The molecule has 11 heteroatoms. The largest absolute Gasteiger partial charge is 0.452 e. The van der Waals surface area contributed by atoms with Gasteiger partial charge in [0, 0.05) is 17.6 Å². The molecule has 1 amide bonds. The fraction of sp³-hybridized carbons (Fsp3) is 0.350. The summed E-state index contributed by atoms with van der Waals surface area (Å²) in [4.78, 5) is 24.4. The quantitative estimate of drug-likeness (QED) is 0.575. The van der Waals surface area contributed by atoms with Crippen molar-refractivity contribution in [1.82, 2.24) is 4.31 Å². The highest BCUT2D eigenvalue weighted by Crippen LogP contribution is 2.29. The SMILES string of the molecule is CC1CCN(S(=O)(=O)c2cc(C(=O)OCC(=O)Nc3sccc3C#N)ccc2Br)CC1. The van der Waals surface area contributed by atoms with E-state index in [1.165, 1.54) is 33.8 Å². The van der Waals surface area contributed by atoms with Crippen LogP contribution in [0.2, 0.25) is 0 Å². The number of anilines is 1. The molecule has 1 fully saturated rings. The number of carbonyl (C=O) groups excluding carboxylic acids is 2. The summed E-state index contributed by atoms with van der Waals surface area (Å²) in [6, 6.07) is 7.67. The number of ether oxygens (including phenoxy) is 1. The molecule has 31 heavy (non-hydrogen) atoms. The topological polar surface area (TPSA) is 117 Å². The van der Waals surface area contributed by atoms with Crippen LogP contribution in [0.15, 0.2) is 39.0 Å². The van der Waals surface area contributed by atoms with Crippen molar-refractivity contribution in [3.8, 4) is 6.07 Å². The van der Waals surface area contributed by atoms with Crippen molar-refractivity contribution in [2.75, 3.05) is 25.0 Å². The van der Waals surface area contributed by atoms with E-state index < -0.39 is 28.5 Å². The molecule has 1 aromatic heterocycles. The summed E-state index contributed by atoms with van der Waals surface area (Å²) in [5, 5.41) is 13.5. The summed E-state index contributed by atoms with van der Waals surface area (Å²) in [5.41, 5.74) is 0.341. The molecule has 8 nitrogen and oxygen atoms in total. The van der Waals surface area contributed by atoms with E-state index in [1.807, 2.05) is 6.07 Å². The molecule has 0 bridgehead atoms. The van der Waals surface area contributed by atoms with Crippen molar-refractivity contribution in [3.05, 3.63) is 45.2 Å². The maximum absolute atomic E-state index is 13.0. The minimum Gasteiger partial charge on any atom is -0.452 e. The zero-order chi connectivity index (χ0) is 22.6. The fourth-order valence-corrected chi connectivity index (χ4v) is 6.24. The number of thiophene rings is 1. The number of carbonyl (C=O) groups is 2. The van der Waals surface area contributed by atoms with E-state index >= 15 is 0 Å². The Labute approximate surface area is 193 Å². The number of rotatable bonds is 6. The first kappa shape index (κ1) is 23.4. The normalized spacial score (nSPS) is 15.3. The molecule has 1 aliphatic rings. The molecule has 164 valence electrons. The minimum atomic E-state index is -3.78. The lowest BCUT2D eigenvalue weighted by molar-refractivity contribution is -0.119. The van der Waals surface area contributed by atoms with E-state index in [4.69, 9.17) is 10.00 Å². The number of amides is 1. The fourth-order valence-electron chi connectivity index (χ4n) is 3.06. The third-order valence-corrected chi connectivity index (χ3v) is 8.62. The molecule has 0 saturated carbocycles. The van der Waals surface area contributed by atoms with Gasteiger partial charge >= 0.3 is 5.97 Å². The average Bonchev–Trinajstić information content (AvgIpc) is 3.19. The van der Waals surface area contributed by atoms with Gasteiger partial charge in [0.15, 0.2) is 6.61 Å². The molecule has 1 saturated heterocycles. The van der Waals surface area contributed by atoms with Crippen molar-refractivity contribution >= 4 is 54.2 Å². The predicted molar refractivity (Wildman–Crippen MR) is 119 cm³/mol. The molecule has 0 aliphatic carbocycles. The van der Waals surface area contributed by atoms with Crippen molar-refractivity contribution in [1.29, 1.82) is 5.26 Å². The first-order chi connectivity index (χ1) is 14.7. The van der Waals surface area contributed by atoms with E-state index in [0.717, 1.165) is 12.8 Å².